The maximum Gasteiger partial charge on any atom is 0.338 e. The molecule has 29 heavy (non-hydrogen) atoms. The third kappa shape index (κ3) is 3.69. The zero-order valence-corrected chi connectivity index (χ0v) is 17.1. The Kier molecular flexibility index (Phi) is 4.57. The number of rotatable bonds is 5. The topological polar surface area (TPSA) is 78.9 Å². The number of ether oxygens (including phenoxy) is 3. The van der Waals surface area contributed by atoms with Crippen LogP contribution in [-0.4, -0.2) is 32.3 Å². The van der Waals surface area contributed by atoms with Crippen molar-refractivity contribution in [3.05, 3.63) is 47.3 Å². The van der Waals surface area contributed by atoms with E-state index in [9.17, 15) is 17.6 Å². The van der Waals surface area contributed by atoms with Crippen LogP contribution in [0, 0.1) is 5.82 Å². The Balaban J connectivity index is 1.70. The fourth-order valence-corrected chi connectivity index (χ4v) is 5.14. The molecule has 2 aromatic rings. The second kappa shape index (κ2) is 6.73. The van der Waals surface area contributed by atoms with Crippen LogP contribution in [0.3, 0.4) is 0 Å². The molecule has 0 spiro atoms. The van der Waals surface area contributed by atoms with Gasteiger partial charge in [0.05, 0.1) is 17.9 Å². The lowest BCUT2D eigenvalue weighted by molar-refractivity contribution is 0.0599. The van der Waals surface area contributed by atoms with Crippen molar-refractivity contribution in [1.82, 2.24) is 0 Å². The smallest absolute Gasteiger partial charge is 0.338 e. The minimum atomic E-state index is -3.64. The minimum Gasteiger partial charge on any atom is -0.487 e. The van der Waals surface area contributed by atoms with E-state index in [4.69, 9.17) is 14.2 Å². The second-order valence-electron chi connectivity index (χ2n) is 7.92. The molecular weight excluding hydrogens is 399 g/mol. The van der Waals surface area contributed by atoms with Gasteiger partial charge in [0.2, 0.25) is 0 Å². The Labute approximate surface area is 168 Å². The molecule has 1 heterocycles. The number of carbonyl (C=O) groups is 1. The van der Waals surface area contributed by atoms with E-state index in [-0.39, 0.29) is 16.2 Å². The van der Waals surface area contributed by atoms with Crippen LogP contribution in [0.4, 0.5) is 4.39 Å². The van der Waals surface area contributed by atoms with Gasteiger partial charge in [-0.05, 0) is 51.0 Å². The summed E-state index contributed by atoms with van der Waals surface area (Å²) in [6.45, 7) is 3.82. The highest BCUT2D eigenvalue weighted by atomic mass is 32.2. The number of carbonyl (C=O) groups excluding carboxylic acids is 1. The van der Waals surface area contributed by atoms with Gasteiger partial charge in [0, 0.05) is 18.1 Å². The van der Waals surface area contributed by atoms with E-state index >= 15 is 0 Å². The molecule has 1 fully saturated rings. The van der Waals surface area contributed by atoms with Gasteiger partial charge < -0.3 is 14.2 Å². The molecule has 1 saturated carbocycles. The highest BCUT2D eigenvalue weighted by Gasteiger charge is 2.38. The molecule has 0 radical (unpaired) electrons. The Morgan fingerprint density at radius 2 is 1.93 bits per heavy atom. The number of sulfone groups is 1. The van der Waals surface area contributed by atoms with Crippen molar-refractivity contribution in [3.8, 4) is 17.2 Å². The van der Waals surface area contributed by atoms with Gasteiger partial charge in [-0.15, -0.1) is 0 Å². The highest BCUT2D eigenvalue weighted by Crippen LogP contribution is 2.43. The zero-order chi connectivity index (χ0) is 21.0. The van der Waals surface area contributed by atoms with E-state index in [0.717, 1.165) is 11.6 Å². The van der Waals surface area contributed by atoms with Gasteiger partial charge in [0.25, 0.3) is 0 Å². The maximum absolute atomic E-state index is 14.5. The first-order valence-corrected chi connectivity index (χ1v) is 10.8. The number of hydrogen-bond acceptors (Lipinski definition) is 6. The van der Waals surface area contributed by atoms with Crippen molar-refractivity contribution in [2.75, 3.05) is 7.11 Å². The summed E-state index contributed by atoms with van der Waals surface area (Å²) in [7, 11) is -2.37. The van der Waals surface area contributed by atoms with E-state index in [1.54, 1.807) is 6.07 Å². The van der Waals surface area contributed by atoms with E-state index in [1.807, 2.05) is 13.8 Å². The Morgan fingerprint density at radius 1 is 1.21 bits per heavy atom. The van der Waals surface area contributed by atoms with E-state index in [2.05, 4.69) is 0 Å². The third-order valence-electron chi connectivity index (χ3n) is 4.98. The molecule has 0 saturated heterocycles. The standard InChI is InChI=1S/C21H21FO6S/c1-21(2)11-15-17(8-12(20(23)26-3)9-18(15)28-21)27-13-4-7-19(16(22)10-13)29(24,25)14-5-6-14/h4,7-10,14H,5-6,11H2,1-3H3. The molecule has 154 valence electrons. The fourth-order valence-electron chi connectivity index (χ4n) is 3.43. The molecule has 0 amide bonds. The van der Waals surface area contributed by atoms with Crippen LogP contribution >= 0.6 is 0 Å². The summed E-state index contributed by atoms with van der Waals surface area (Å²) < 4.78 is 55.7. The van der Waals surface area contributed by atoms with Crippen molar-refractivity contribution in [1.29, 1.82) is 0 Å². The number of benzene rings is 2. The van der Waals surface area contributed by atoms with Gasteiger partial charge in [0.15, 0.2) is 9.84 Å². The van der Waals surface area contributed by atoms with Crippen LogP contribution in [0.1, 0.15) is 42.6 Å². The molecule has 0 N–H and O–H groups in total. The second-order valence-corrected chi connectivity index (χ2v) is 10.1. The molecule has 4 rings (SSSR count). The van der Waals surface area contributed by atoms with E-state index in [1.165, 1.54) is 25.3 Å². The predicted octanol–water partition coefficient (Wildman–Crippen LogP) is 4.05. The molecule has 8 heteroatoms. The average Bonchev–Trinajstić information content (AvgIpc) is 3.44. The molecule has 6 nitrogen and oxygen atoms in total. The van der Waals surface area contributed by atoms with Crippen LogP contribution in [-0.2, 0) is 21.0 Å². The summed E-state index contributed by atoms with van der Waals surface area (Å²) in [5.41, 5.74) is 0.507. The lowest BCUT2D eigenvalue weighted by atomic mass is 10.00. The predicted molar refractivity (Wildman–Crippen MR) is 103 cm³/mol. The number of esters is 1. The normalized spacial score (nSPS) is 17.4. The summed E-state index contributed by atoms with van der Waals surface area (Å²) in [5.74, 6) is -0.437. The first-order chi connectivity index (χ1) is 13.6. The lowest BCUT2D eigenvalue weighted by Crippen LogP contribution is -2.24. The zero-order valence-electron chi connectivity index (χ0n) is 16.3. The molecule has 0 atom stereocenters. The first-order valence-electron chi connectivity index (χ1n) is 9.26. The Bertz CT molecular complexity index is 1100. The van der Waals surface area contributed by atoms with Gasteiger partial charge in [-0.1, -0.05) is 0 Å². The summed E-state index contributed by atoms with van der Waals surface area (Å²) >= 11 is 0. The van der Waals surface area contributed by atoms with Crippen molar-refractivity contribution in [2.45, 2.75) is 48.9 Å². The molecule has 0 aromatic heterocycles. The summed E-state index contributed by atoms with van der Waals surface area (Å²) in [4.78, 5) is 11.7. The van der Waals surface area contributed by atoms with Gasteiger partial charge in [0.1, 0.15) is 33.6 Å². The van der Waals surface area contributed by atoms with Gasteiger partial charge in [-0.2, -0.15) is 0 Å². The SMILES string of the molecule is COC(=O)c1cc(Oc2ccc(S(=O)(=O)C3CC3)c(F)c2)c2c(c1)OC(C)(C)C2. The van der Waals surface area contributed by atoms with Crippen molar-refractivity contribution in [3.63, 3.8) is 0 Å². The monoisotopic (exact) mass is 420 g/mol. The molecule has 0 unspecified atom stereocenters. The fraction of sp³-hybridized carbons (Fsp3) is 0.381. The maximum atomic E-state index is 14.5. The first kappa shape index (κ1) is 19.7. The van der Waals surface area contributed by atoms with Crippen LogP contribution in [0.5, 0.6) is 17.2 Å². The summed E-state index contributed by atoms with van der Waals surface area (Å²) in [6, 6.07) is 6.80. The molecule has 2 aromatic carbocycles. The van der Waals surface area contributed by atoms with Crippen LogP contribution < -0.4 is 9.47 Å². The lowest BCUT2D eigenvalue weighted by Gasteiger charge is -2.16. The van der Waals surface area contributed by atoms with Gasteiger partial charge >= 0.3 is 5.97 Å². The highest BCUT2D eigenvalue weighted by molar-refractivity contribution is 7.92. The van der Waals surface area contributed by atoms with Gasteiger partial charge in [-0.3, -0.25) is 0 Å². The quantitative estimate of drug-likeness (QED) is 0.679. The number of halogens is 1. The molecule has 1 aliphatic heterocycles. The Hall–Kier alpha value is -2.61. The van der Waals surface area contributed by atoms with Crippen molar-refractivity contribution < 1.29 is 31.8 Å². The Morgan fingerprint density at radius 3 is 2.55 bits per heavy atom. The van der Waals surface area contributed by atoms with Gasteiger partial charge in [-0.25, -0.2) is 17.6 Å². The molecular formula is C21H21FO6S. The van der Waals surface area contributed by atoms with Crippen LogP contribution in [0.2, 0.25) is 0 Å². The number of hydrogen-bond donors (Lipinski definition) is 0. The molecule has 2 aliphatic rings. The van der Waals surface area contributed by atoms with Crippen molar-refractivity contribution >= 4 is 15.8 Å². The third-order valence-corrected chi connectivity index (χ3v) is 7.27. The van der Waals surface area contributed by atoms with E-state index in [0.29, 0.717) is 30.8 Å². The van der Waals surface area contributed by atoms with Crippen LogP contribution in [0.25, 0.3) is 0 Å². The van der Waals surface area contributed by atoms with Crippen LogP contribution in [0.15, 0.2) is 35.2 Å². The summed E-state index contributed by atoms with van der Waals surface area (Å²) in [6.07, 6.45) is 1.65. The molecule has 0 bridgehead atoms. The largest absolute Gasteiger partial charge is 0.487 e. The summed E-state index contributed by atoms with van der Waals surface area (Å²) in [5, 5.41) is -0.497. The van der Waals surface area contributed by atoms with Crippen molar-refractivity contribution in [2.24, 2.45) is 0 Å². The average molecular weight is 420 g/mol. The molecule has 1 aliphatic carbocycles. The minimum absolute atomic E-state index is 0.131. The van der Waals surface area contributed by atoms with E-state index < -0.39 is 32.5 Å². The number of methoxy groups -OCH3 is 1. The number of fused-ring (bicyclic) bond motifs is 1.